The Morgan fingerprint density at radius 3 is 2.75 bits per heavy atom. The Hall–Kier alpha value is -0.940. The maximum absolute atomic E-state index is 13.1. The van der Waals surface area contributed by atoms with Crippen LogP contribution in [0.5, 0.6) is 0 Å². The summed E-state index contributed by atoms with van der Waals surface area (Å²) >= 11 is 3.15. The molecule has 0 aromatic heterocycles. The molecule has 0 aliphatic heterocycles. The lowest BCUT2D eigenvalue weighted by molar-refractivity contribution is 0.0794. The first-order valence-corrected chi connectivity index (χ1v) is 5.75. The molecular weight excluding hydrogens is 275 g/mol. The van der Waals surface area contributed by atoms with Crippen LogP contribution in [0.25, 0.3) is 0 Å². The summed E-state index contributed by atoms with van der Waals surface area (Å²) in [5.41, 5.74) is 5.70. The van der Waals surface area contributed by atoms with E-state index in [1.165, 1.54) is 17.0 Å². The van der Waals surface area contributed by atoms with E-state index in [2.05, 4.69) is 15.9 Å². The molecule has 1 aromatic carbocycles. The fourth-order valence-corrected chi connectivity index (χ4v) is 1.79. The van der Waals surface area contributed by atoms with Crippen LogP contribution in [0.3, 0.4) is 0 Å². The third-order valence-electron chi connectivity index (χ3n) is 2.15. The third kappa shape index (κ3) is 3.57. The molecule has 1 rings (SSSR count). The Balaban J connectivity index is 2.79. The van der Waals surface area contributed by atoms with Crippen LogP contribution in [0, 0.1) is 5.82 Å². The smallest absolute Gasteiger partial charge is 0.253 e. The monoisotopic (exact) mass is 288 g/mol. The number of nitrogens with zero attached hydrogens (tertiary/aromatic N) is 1. The van der Waals surface area contributed by atoms with Gasteiger partial charge in [0, 0.05) is 23.6 Å². The summed E-state index contributed by atoms with van der Waals surface area (Å²) in [6.45, 7) is 1.11. The second kappa shape index (κ2) is 5.96. The molecule has 0 radical (unpaired) electrons. The summed E-state index contributed by atoms with van der Waals surface area (Å²) in [4.78, 5) is 13.4. The second-order valence-corrected chi connectivity index (χ2v) is 4.44. The minimum Gasteiger partial charge on any atom is -0.342 e. The van der Waals surface area contributed by atoms with E-state index >= 15 is 0 Å². The molecule has 1 aromatic rings. The average Bonchev–Trinajstić information content (AvgIpc) is 2.23. The van der Waals surface area contributed by atoms with E-state index in [1.54, 1.807) is 13.1 Å². The van der Waals surface area contributed by atoms with Crippen LogP contribution in [0.4, 0.5) is 4.39 Å². The van der Waals surface area contributed by atoms with Crippen LogP contribution in [-0.4, -0.2) is 30.9 Å². The first kappa shape index (κ1) is 13.1. The molecule has 0 fully saturated rings. The Bertz CT molecular complexity index is 364. The molecule has 1 amide bonds. The van der Waals surface area contributed by atoms with Crippen molar-refractivity contribution in [1.29, 1.82) is 0 Å². The molecule has 2 N–H and O–H groups in total. The van der Waals surface area contributed by atoms with E-state index in [1.807, 2.05) is 0 Å². The van der Waals surface area contributed by atoms with Crippen molar-refractivity contribution in [3.05, 3.63) is 34.1 Å². The minimum absolute atomic E-state index is 0.200. The van der Waals surface area contributed by atoms with Crippen molar-refractivity contribution in [3.63, 3.8) is 0 Å². The minimum atomic E-state index is -0.426. The number of rotatable bonds is 4. The lowest BCUT2D eigenvalue weighted by Gasteiger charge is -2.16. The second-order valence-electron chi connectivity index (χ2n) is 3.53. The molecule has 0 heterocycles. The fourth-order valence-electron chi connectivity index (χ4n) is 1.33. The zero-order chi connectivity index (χ0) is 12.1. The van der Waals surface area contributed by atoms with Gasteiger partial charge in [-0.2, -0.15) is 0 Å². The molecule has 0 aliphatic rings. The summed E-state index contributed by atoms with van der Waals surface area (Å²) in [6, 6.07) is 4.15. The number of nitrogens with two attached hydrogens (primary N) is 1. The van der Waals surface area contributed by atoms with Crippen molar-refractivity contribution in [2.45, 2.75) is 6.42 Å². The van der Waals surface area contributed by atoms with Gasteiger partial charge in [-0.05, 0) is 31.2 Å². The van der Waals surface area contributed by atoms with Crippen LogP contribution >= 0.6 is 15.9 Å². The molecule has 0 unspecified atom stereocenters. The standard InChI is InChI=1S/C11H14BrFN2O/c1-15(4-2-3-14)11(16)8-5-9(12)7-10(13)6-8/h5-7H,2-4,14H2,1H3. The molecule has 0 aliphatic carbocycles. The summed E-state index contributed by atoms with van der Waals surface area (Å²) in [6.07, 6.45) is 0.735. The number of hydrogen-bond donors (Lipinski definition) is 1. The average molecular weight is 289 g/mol. The summed E-state index contributed by atoms with van der Waals surface area (Å²) < 4.78 is 13.6. The maximum atomic E-state index is 13.1. The third-order valence-corrected chi connectivity index (χ3v) is 2.61. The van der Waals surface area contributed by atoms with Gasteiger partial charge in [0.05, 0.1) is 0 Å². The van der Waals surface area contributed by atoms with Crippen molar-refractivity contribution in [3.8, 4) is 0 Å². The maximum Gasteiger partial charge on any atom is 0.253 e. The Kier molecular flexibility index (Phi) is 4.89. The molecule has 0 spiro atoms. The highest BCUT2D eigenvalue weighted by molar-refractivity contribution is 9.10. The fraction of sp³-hybridized carbons (Fsp3) is 0.364. The molecule has 0 atom stereocenters. The number of halogens is 2. The van der Waals surface area contributed by atoms with E-state index < -0.39 is 5.82 Å². The Morgan fingerprint density at radius 2 is 2.19 bits per heavy atom. The molecular formula is C11H14BrFN2O. The van der Waals surface area contributed by atoms with Crippen LogP contribution < -0.4 is 5.73 Å². The zero-order valence-electron chi connectivity index (χ0n) is 9.04. The zero-order valence-corrected chi connectivity index (χ0v) is 10.6. The van der Waals surface area contributed by atoms with Crippen molar-refractivity contribution < 1.29 is 9.18 Å². The summed E-state index contributed by atoms with van der Waals surface area (Å²) in [5.74, 6) is -0.626. The van der Waals surface area contributed by atoms with Crippen molar-refractivity contribution >= 4 is 21.8 Å². The van der Waals surface area contributed by atoms with Gasteiger partial charge in [-0.3, -0.25) is 4.79 Å². The number of carbonyl (C=O) groups is 1. The predicted molar refractivity (Wildman–Crippen MR) is 64.7 cm³/mol. The molecule has 5 heteroatoms. The van der Waals surface area contributed by atoms with Gasteiger partial charge in [-0.15, -0.1) is 0 Å². The largest absolute Gasteiger partial charge is 0.342 e. The number of hydrogen-bond acceptors (Lipinski definition) is 2. The van der Waals surface area contributed by atoms with Gasteiger partial charge in [-0.1, -0.05) is 15.9 Å². The van der Waals surface area contributed by atoms with Gasteiger partial charge in [-0.25, -0.2) is 4.39 Å². The predicted octanol–water partition coefficient (Wildman–Crippen LogP) is 2.01. The van der Waals surface area contributed by atoms with E-state index in [9.17, 15) is 9.18 Å². The van der Waals surface area contributed by atoms with E-state index in [0.717, 1.165) is 6.42 Å². The SMILES string of the molecule is CN(CCCN)C(=O)c1cc(F)cc(Br)c1. The number of carbonyl (C=O) groups excluding carboxylic acids is 1. The van der Waals surface area contributed by atoms with Crippen LogP contribution in [-0.2, 0) is 0 Å². The lowest BCUT2D eigenvalue weighted by atomic mass is 10.2. The quantitative estimate of drug-likeness (QED) is 0.921. The van der Waals surface area contributed by atoms with E-state index in [4.69, 9.17) is 5.73 Å². The van der Waals surface area contributed by atoms with Gasteiger partial charge >= 0.3 is 0 Å². The molecule has 0 saturated heterocycles. The molecule has 0 saturated carbocycles. The van der Waals surface area contributed by atoms with Crippen LogP contribution in [0.2, 0.25) is 0 Å². The van der Waals surface area contributed by atoms with Gasteiger partial charge in [0.15, 0.2) is 0 Å². The number of amides is 1. The highest BCUT2D eigenvalue weighted by Gasteiger charge is 2.12. The van der Waals surface area contributed by atoms with Gasteiger partial charge in [0.1, 0.15) is 5.82 Å². The summed E-state index contributed by atoms with van der Waals surface area (Å²) in [7, 11) is 1.68. The van der Waals surface area contributed by atoms with Crippen molar-refractivity contribution in [2.75, 3.05) is 20.1 Å². The summed E-state index contributed by atoms with van der Waals surface area (Å²) in [5, 5.41) is 0. The molecule has 16 heavy (non-hydrogen) atoms. The van der Waals surface area contributed by atoms with Crippen molar-refractivity contribution in [2.24, 2.45) is 5.73 Å². The van der Waals surface area contributed by atoms with E-state index in [0.29, 0.717) is 23.1 Å². The van der Waals surface area contributed by atoms with E-state index in [-0.39, 0.29) is 5.91 Å². The number of benzene rings is 1. The van der Waals surface area contributed by atoms with Crippen LogP contribution in [0.15, 0.2) is 22.7 Å². The first-order chi connectivity index (χ1) is 7.54. The van der Waals surface area contributed by atoms with Gasteiger partial charge in [0.25, 0.3) is 5.91 Å². The van der Waals surface area contributed by atoms with Gasteiger partial charge < -0.3 is 10.6 Å². The Morgan fingerprint density at radius 1 is 1.50 bits per heavy atom. The van der Waals surface area contributed by atoms with Gasteiger partial charge in [0.2, 0.25) is 0 Å². The first-order valence-electron chi connectivity index (χ1n) is 4.96. The molecule has 3 nitrogen and oxygen atoms in total. The highest BCUT2D eigenvalue weighted by atomic mass is 79.9. The highest BCUT2D eigenvalue weighted by Crippen LogP contribution is 2.16. The normalized spacial score (nSPS) is 10.2. The lowest BCUT2D eigenvalue weighted by Crippen LogP contribution is -2.29. The molecule has 88 valence electrons. The Labute approximate surface area is 103 Å². The van der Waals surface area contributed by atoms with Crippen LogP contribution in [0.1, 0.15) is 16.8 Å². The topological polar surface area (TPSA) is 46.3 Å². The van der Waals surface area contributed by atoms with Crippen molar-refractivity contribution in [1.82, 2.24) is 4.90 Å². The molecule has 0 bridgehead atoms.